The predicted molar refractivity (Wildman–Crippen MR) is 108 cm³/mol. The van der Waals surface area contributed by atoms with E-state index in [9.17, 15) is 20.2 Å². The van der Waals surface area contributed by atoms with E-state index in [0.717, 1.165) is 31.0 Å². The molecule has 0 amide bonds. The number of nitro groups is 2. The van der Waals surface area contributed by atoms with Crippen LogP contribution in [-0.2, 0) is 0 Å². The highest BCUT2D eigenvalue weighted by Gasteiger charge is 2.30. The Hall–Kier alpha value is -2.77. The summed E-state index contributed by atoms with van der Waals surface area (Å²) in [5, 5.41) is 26.6. The molecule has 2 aliphatic rings. The third-order valence-electron chi connectivity index (χ3n) is 5.85. The van der Waals surface area contributed by atoms with Crippen LogP contribution in [0, 0.1) is 32.1 Å². The van der Waals surface area contributed by atoms with Crippen LogP contribution in [0.4, 0.5) is 17.1 Å². The van der Waals surface area contributed by atoms with Crippen molar-refractivity contribution in [3.63, 3.8) is 0 Å². The minimum absolute atomic E-state index is 0.166. The molecule has 1 saturated carbocycles. The number of nitro benzene ring substituents is 2. The zero-order valence-corrected chi connectivity index (χ0v) is 16.1. The monoisotopic (exact) mass is 386 g/mol. The molecule has 0 bridgehead atoms. The minimum Gasteiger partial charge on any atom is -0.272 e. The number of nitrogens with one attached hydrogen (secondary N) is 1. The maximum atomic E-state index is 11.3. The first-order valence-electron chi connectivity index (χ1n) is 9.89. The fraction of sp³-hybridized carbons (Fsp3) is 0.550. The second-order valence-electron chi connectivity index (χ2n) is 7.60. The molecule has 1 N–H and O–H groups in total. The topological polar surface area (TPSA) is 111 Å². The van der Waals surface area contributed by atoms with Gasteiger partial charge in [0.15, 0.2) is 0 Å². The molecule has 8 nitrogen and oxygen atoms in total. The summed E-state index contributed by atoms with van der Waals surface area (Å²) in [7, 11) is 0. The van der Waals surface area contributed by atoms with Crippen molar-refractivity contribution in [2.24, 2.45) is 16.9 Å². The Balaban J connectivity index is 1.80. The van der Waals surface area contributed by atoms with Crippen LogP contribution in [0.15, 0.2) is 34.9 Å². The van der Waals surface area contributed by atoms with Crippen LogP contribution in [0.5, 0.6) is 0 Å². The fourth-order valence-electron chi connectivity index (χ4n) is 4.38. The molecule has 0 aromatic heterocycles. The maximum absolute atomic E-state index is 11.3. The molecule has 1 aromatic carbocycles. The number of rotatable bonds is 6. The van der Waals surface area contributed by atoms with Crippen molar-refractivity contribution in [2.45, 2.75) is 58.3 Å². The Labute approximate surface area is 164 Å². The summed E-state index contributed by atoms with van der Waals surface area (Å²) in [5.41, 5.74) is 4.78. The smallest absolute Gasteiger partial charge is 0.272 e. The van der Waals surface area contributed by atoms with E-state index in [0.29, 0.717) is 11.8 Å². The highest BCUT2D eigenvalue weighted by Crippen LogP contribution is 2.39. The van der Waals surface area contributed by atoms with Gasteiger partial charge in [-0.05, 0) is 57.4 Å². The van der Waals surface area contributed by atoms with Crippen molar-refractivity contribution in [1.82, 2.24) is 0 Å². The Morgan fingerprint density at radius 1 is 1.11 bits per heavy atom. The first-order chi connectivity index (χ1) is 13.5. The average Bonchev–Trinajstić information content (AvgIpc) is 2.72. The lowest BCUT2D eigenvalue weighted by molar-refractivity contribution is -0.393. The van der Waals surface area contributed by atoms with Crippen LogP contribution >= 0.6 is 0 Å². The number of nitrogens with zero attached hydrogens (tertiary/aromatic N) is 3. The van der Waals surface area contributed by atoms with Crippen molar-refractivity contribution in [2.75, 3.05) is 5.43 Å². The van der Waals surface area contributed by atoms with Gasteiger partial charge in [0.2, 0.25) is 0 Å². The first-order valence-corrected chi connectivity index (χ1v) is 9.89. The van der Waals surface area contributed by atoms with Crippen LogP contribution < -0.4 is 5.43 Å². The van der Waals surface area contributed by atoms with E-state index in [1.165, 1.54) is 44.2 Å². The van der Waals surface area contributed by atoms with Gasteiger partial charge in [-0.1, -0.05) is 24.5 Å². The van der Waals surface area contributed by atoms with Gasteiger partial charge in [0.05, 0.1) is 15.9 Å². The third kappa shape index (κ3) is 4.55. The molecular formula is C20H26N4O4. The Bertz CT molecular complexity index is 818. The van der Waals surface area contributed by atoms with Gasteiger partial charge in [0, 0.05) is 17.7 Å². The number of hydrazone groups is 1. The molecule has 0 radical (unpaired) electrons. The van der Waals surface area contributed by atoms with Crippen LogP contribution in [-0.4, -0.2) is 15.6 Å². The van der Waals surface area contributed by atoms with Crippen LogP contribution in [0.3, 0.4) is 0 Å². The lowest BCUT2D eigenvalue weighted by Crippen LogP contribution is -2.28. The van der Waals surface area contributed by atoms with Gasteiger partial charge in [-0.25, -0.2) is 0 Å². The molecule has 0 unspecified atom stereocenters. The molecule has 150 valence electrons. The summed E-state index contributed by atoms with van der Waals surface area (Å²) in [6.45, 7) is 1.97. The van der Waals surface area contributed by atoms with E-state index in [1.807, 2.05) is 6.92 Å². The summed E-state index contributed by atoms with van der Waals surface area (Å²) in [4.78, 5) is 20.9. The molecule has 0 aliphatic heterocycles. The molecule has 0 saturated heterocycles. The van der Waals surface area contributed by atoms with Gasteiger partial charge in [0.1, 0.15) is 5.69 Å². The Kier molecular flexibility index (Phi) is 6.38. The summed E-state index contributed by atoms with van der Waals surface area (Å²) >= 11 is 0. The molecule has 1 aromatic rings. The third-order valence-corrected chi connectivity index (χ3v) is 5.85. The highest BCUT2D eigenvalue weighted by atomic mass is 16.6. The number of anilines is 1. The normalized spacial score (nSPS) is 23.0. The maximum Gasteiger partial charge on any atom is 0.301 e. The van der Waals surface area contributed by atoms with E-state index in [4.69, 9.17) is 0 Å². The zero-order chi connectivity index (χ0) is 20.1. The second-order valence-corrected chi connectivity index (χ2v) is 7.60. The quantitative estimate of drug-likeness (QED) is 0.296. The van der Waals surface area contributed by atoms with Gasteiger partial charge < -0.3 is 0 Å². The van der Waals surface area contributed by atoms with Gasteiger partial charge >= 0.3 is 5.69 Å². The first kappa shape index (κ1) is 20.0. The molecular weight excluding hydrogens is 360 g/mol. The molecule has 0 spiro atoms. The van der Waals surface area contributed by atoms with Gasteiger partial charge in [0.25, 0.3) is 5.69 Å². The summed E-state index contributed by atoms with van der Waals surface area (Å²) in [6.07, 6.45) is 11.9. The average molecular weight is 386 g/mol. The summed E-state index contributed by atoms with van der Waals surface area (Å²) in [6, 6.07) is 3.55. The molecule has 28 heavy (non-hydrogen) atoms. The van der Waals surface area contributed by atoms with Crippen molar-refractivity contribution in [1.29, 1.82) is 0 Å². The number of non-ortho nitro benzene ring substituents is 1. The van der Waals surface area contributed by atoms with Crippen LogP contribution in [0.25, 0.3) is 0 Å². The van der Waals surface area contributed by atoms with Crippen LogP contribution in [0.1, 0.15) is 58.3 Å². The number of hydrogen-bond donors (Lipinski definition) is 1. The molecule has 2 atom stereocenters. The number of benzene rings is 1. The molecule has 0 heterocycles. The predicted octanol–water partition coefficient (Wildman–Crippen LogP) is 5.60. The van der Waals surface area contributed by atoms with Crippen molar-refractivity contribution in [3.8, 4) is 0 Å². The Morgan fingerprint density at radius 2 is 1.89 bits per heavy atom. The summed E-state index contributed by atoms with van der Waals surface area (Å²) < 4.78 is 0. The molecule has 1 fully saturated rings. The van der Waals surface area contributed by atoms with Crippen molar-refractivity contribution in [3.05, 3.63) is 50.1 Å². The summed E-state index contributed by atoms with van der Waals surface area (Å²) in [5.74, 6) is 0.842. The highest BCUT2D eigenvalue weighted by molar-refractivity contribution is 5.86. The van der Waals surface area contributed by atoms with Gasteiger partial charge in [-0.15, -0.1) is 0 Å². The van der Waals surface area contributed by atoms with E-state index >= 15 is 0 Å². The zero-order valence-electron chi connectivity index (χ0n) is 16.1. The fourth-order valence-corrected chi connectivity index (χ4v) is 4.38. The van der Waals surface area contributed by atoms with Crippen molar-refractivity contribution >= 4 is 22.8 Å². The van der Waals surface area contributed by atoms with Gasteiger partial charge in [-0.3, -0.25) is 25.7 Å². The molecule has 2 aliphatic carbocycles. The lowest BCUT2D eigenvalue weighted by Gasteiger charge is -2.34. The van der Waals surface area contributed by atoms with E-state index in [-0.39, 0.29) is 17.1 Å². The number of hydrogen-bond acceptors (Lipinski definition) is 6. The number of allylic oxidation sites excluding steroid dienone is 2. The minimum atomic E-state index is -0.643. The van der Waals surface area contributed by atoms with Crippen molar-refractivity contribution < 1.29 is 9.85 Å². The largest absolute Gasteiger partial charge is 0.301 e. The standard InChI is InChI=1S/C20H26N4O4/c1-14(17-9-5-6-10-18(17)15-7-3-2-4-8-15)21-22-19-12-11-16(23(25)26)13-20(19)24(27)28/h7,11-13,17-18,22H,2-6,8-10H2,1H3/b21-14+/t17-,18-/m0/s1. The van der Waals surface area contributed by atoms with E-state index < -0.39 is 9.85 Å². The van der Waals surface area contributed by atoms with E-state index in [2.05, 4.69) is 16.6 Å². The SMILES string of the molecule is C/C(=N\Nc1ccc([N+](=O)[O-])cc1[N+](=O)[O-])[C@@H]1CCCC[C@H]1C1=CCCCC1. The molecule has 8 heteroatoms. The van der Waals surface area contributed by atoms with Gasteiger partial charge in [-0.2, -0.15) is 5.10 Å². The van der Waals surface area contributed by atoms with E-state index in [1.54, 1.807) is 5.57 Å². The lowest BCUT2D eigenvalue weighted by atomic mass is 9.71. The Morgan fingerprint density at radius 3 is 2.57 bits per heavy atom. The van der Waals surface area contributed by atoms with Crippen LogP contribution in [0.2, 0.25) is 0 Å². The second kappa shape index (κ2) is 8.95. The molecule has 3 rings (SSSR count).